The first-order valence-corrected chi connectivity index (χ1v) is 0. The van der Waals surface area contributed by atoms with Crippen molar-refractivity contribution in [3.05, 3.63) is 0 Å². The zero-order chi connectivity index (χ0) is 0. The zero-order valence-electron chi connectivity index (χ0n) is 2.77. The van der Waals surface area contributed by atoms with Crippen molar-refractivity contribution in [2.75, 3.05) is 0 Å². The van der Waals surface area contributed by atoms with Crippen molar-refractivity contribution in [1.82, 2.24) is 0 Å². The molecular formula is F6Si-2. The topological polar surface area (TPSA) is 0 Å². The Hall–Kier alpha value is -0.203. The summed E-state index contributed by atoms with van der Waals surface area (Å²) in [5, 5.41) is 0. The molecule has 0 amide bonds. The second-order valence-electron chi connectivity index (χ2n) is 0. The summed E-state index contributed by atoms with van der Waals surface area (Å²) >= 11 is 0. The largest absolute Gasteiger partial charge is 4.00 e. The molecule has 7 heavy (non-hydrogen) atoms. The molecule has 0 saturated heterocycles. The Balaban J connectivity index is 0. The third kappa shape index (κ3) is 2030. The summed E-state index contributed by atoms with van der Waals surface area (Å²) in [6, 6.07) is 0. The van der Waals surface area contributed by atoms with Gasteiger partial charge in [-0.2, -0.15) is 0 Å². The van der Waals surface area contributed by atoms with E-state index in [0.29, 0.717) is 0 Å². The van der Waals surface area contributed by atoms with E-state index in [0.717, 1.165) is 0 Å². The fourth-order valence-electron chi connectivity index (χ4n) is 0. The van der Waals surface area contributed by atoms with Crippen LogP contribution in [-0.4, -0.2) is 11.0 Å². The number of rotatable bonds is 0. The van der Waals surface area contributed by atoms with Crippen LogP contribution in [0.4, 0.5) is 0 Å². The normalized spacial score (nSPS) is 0. The van der Waals surface area contributed by atoms with Gasteiger partial charge in [-0.1, -0.05) is 0 Å². The third-order valence-corrected chi connectivity index (χ3v) is 0. The van der Waals surface area contributed by atoms with E-state index in [2.05, 4.69) is 0 Å². The van der Waals surface area contributed by atoms with E-state index in [-0.39, 0.29) is 39.2 Å². The fraction of sp³-hybridized carbons (Fsp3) is 0. The quantitative estimate of drug-likeness (QED) is 0.233. The van der Waals surface area contributed by atoms with Crippen molar-refractivity contribution in [2.45, 2.75) is 0 Å². The molecule has 0 N–H and O–H groups in total. The first-order chi connectivity index (χ1) is 0. The monoisotopic (exact) mass is 142 g/mol. The Morgan fingerprint density at radius 1 is 0.286 bits per heavy atom. The minimum Gasteiger partial charge on any atom is -1.00 e. The summed E-state index contributed by atoms with van der Waals surface area (Å²) in [5.41, 5.74) is 0. The van der Waals surface area contributed by atoms with Crippen molar-refractivity contribution in [3.8, 4) is 0 Å². The molecule has 0 aliphatic carbocycles. The molecule has 0 aromatic carbocycles. The molecule has 48 valence electrons. The number of halogens is 6. The summed E-state index contributed by atoms with van der Waals surface area (Å²) < 4.78 is 0. The van der Waals surface area contributed by atoms with Gasteiger partial charge in [0.05, 0.1) is 0 Å². The summed E-state index contributed by atoms with van der Waals surface area (Å²) in [6.07, 6.45) is 0. The van der Waals surface area contributed by atoms with E-state index in [1.165, 1.54) is 0 Å². The Kier molecular flexibility index (Phi) is 2560000. The Morgan fingerprint density at radius 2 is 0.286 bits per heavy atom. The minimum absolute atomic E-state index is 0. The van der Waals surface area contributed by atoms with E-state index >= 15 is 0 Å². The summed E-state index contributed by atoms with van der Waals surface area (Å²) in [6.45, 7) is 0. The third-order valence-electron chi connectivity index (χ3n) is 0. The van der Waals surface area contributed by atoms with Crippen LogP contribution in [0.25, 0.3) is 0 Å². The predicted octanol–water partition coefficient (Wildman–Crippen LogP) is -18.4. The van der Waals surface area contributed by atoms with Gasteiger partial charge >= 0.3 is 11.0 Å². The van der Waals surface area contributed by atoms with Crippen molar-refractivity contribution < 1.29 is 28.2 Å². The maximum absolute atomic E-state index is 0. The van der Waals surface area contributed by atoms with Crippen LogP contribution in [0.5, 0.6) is 0 Å². The molecule has 0 radical (unpaired) electrons. The molecule has 0 nitrogen and oxygen atoms in total. The van der Waals surface area contributed by atoms with E-state index in [9.17, 15) is 0 Å². The summed E-state index contributed by atoms with van der Waals surface area (Å²) in [7, 11) is 0. The van der Waals surface area contributed by atoms with Gasteiger partial charge in [0.2, 0.25) is 0 Å². The van der Waals surface area contributed by atoms with Crippen molar-refractivity contribution in [3.63, 3.8) is 0 Å². The summed E-state index contributed by atoms with van der Waals surface area (Å²) in [4.78, 5) is 0. The van der Waals surface area contributed by atoms with Gasteiger partial charge in [0.25, 0.3) is 0 Å². The molecule has 0 aliphatic heterocycles. The molecule has 0 fully saturated rings. The molecule has 0 heterocycles. The molecule has 0 spiro atoms. The molecule has 0 bridgehead atoms. The second kappa shape index (κ2) is 3230. The van der Waals surface area contributed by atoms with Crippen LogP contribution in [0, 0.1) is 0 Å². The van der Waals surface area contributed by atoms with Crippen LogP contribution in [-0.2, 0) is 0 Å². The van der Waals surface area contributed by atoms with E-state index in [1.807, 2.05) is 0 Å². The van der Waals surface area contributed by atoms with Gasteiger partial charge in [-0.15, -0.1) is 0 Å². The van der Waals surface area contributed by atoms with Gasteiger partial charge < -0.3 is 28.2 Å². The maximum Gasteiger partial charge on any atom is 4.00 e. The fourth-order valence-corrected chi connectivity index (χ4v) is 0. The average molecular weight is 142 g/mol. The van der Waals surface area contributed by atoms with Crippen LogP contribution in [0.2, 0.25) is 0 Å². The van der Waals surface area contributed by atoms with Crippen LogP contribution >= 0.6 is 0 Å². The molecule has 0 aliphatic rings. The van der Waals surface area contributed by atoms with Crippen LogP contribution in [0.1, 0.15) is 0 Å². The number of hydrogen-bond acceptors (Lipinski definition) is 0. The van der Waals surface area contributed by atoms with Gasteiger partial charge in [0.15, 0.2) is 0 Å². The Morgan fingerprint density at radius 3 is 0.286 bits per heavy atom. The van der Waals surface area contributed by atoms with Crippen molar-refractivity contribution in [2.24, 2.45) is 0 Å². The first-order valence-electron chi connectivity index (χ1n) is 0. The van der Waals surface area contributed by atoms with Gasteiger partial charge in [0.1, 0.15) is 0 Å². The van der Waals surface area contributed by atoms with Crippen LogP contribution < -0.4 is 28.2 Å². The summed E-state index contributed by atoms with van der Waals surface area (Å²) in [5.74, 6) is 0. The molecular weight excluding hydrogens is 142 g/mol. The van der Waals surface area contributed by atoms with Gasteiger partial charge in [-0.05, 0) is 0 Å². The van der Waals surface area contributed by atoms with E-state index < -0.39 is 0 Å². The predicted molar refractivity (Wildman–Crippen MR) is 5.75 cm³/mol. The zero-order valence-corrected chi connectivity index (χ0v) is 3.77. The Bertz CT molecular complexity index is 4.14. The molecule has 0 atom stereocenters. The molecule has 7 heteroatoms. The number of hydrogen-bond donors (Lipinski definition) is 0. The average Bonchev–Trinajstić information content (AvgIpc) is 0. The SMILES string of the molecule is [F-].[F-].[F-].[F-].[F-].[F-].[Si+4]. The van der Waals surface area contributed by atoms with Gasteiger partial charge in [-0.25, -0.2) is 0 Å². The standard InChI is InChI=1S/6FH.Si/h6*1H;/q;;;;;;+4/p-6. The Labute approximate surface area is 40.5 Å². The van der Waals surface area contributed by atoms with Crippen LogP contribution in [0.15, 0.2) is 0 Å². The second-order valence-corrected chi connectivity index (χ2v) is 0. The molecule has 0 aromatic rings. The molecule has 0 saturated carbocycles. The minimum atomic E-state index is 0. The van der Waals surface area contributed by atoms with Gasteiger partial charge in [0, 0.05) is 0 Å². The van der Waals surface area contributed by atoms with Crippen molar-refractivity contribution >= 4 is 11.0 Å². The van der Waals surface area contributed by atoms with Gasteiger partial charge in [-0.3, -0.25) is 0 Å². The molecule has 0 rings (SSSR count). The van der Waals surface area contributed by atoms with E-state index in [1.54, 1.807) is 0 Å². The maximum atomic E-state index is 0. The first kappa shape index (κ1) is 5540. The smallest absolute Gasteiger partial charge is 1.00 e. The van der Waals surface area contributed by atoms with Crippen molar-refractivity contribution in [1.29, 1.82) is 0 Å². The van der Waals surface area contributed by atoms with E-state index in [4.69, 9.17) is 0 Å². The van der Waals surface area contributed by atoms with Crippen LogP contribution in [0.3, 0.4) is 0 Å². The molecule has 0 aromatic heterocycles. The molecule has 0 unspecified atom stereocenters.